The SMILES string of the molecule is Cn1nc(-c2c3c(c(Cl)c4c2OCC4)OCC3)cc1N. The number of hydrogen-bond donors (Lipinski definition) is 1. The molecule has 0 saturated heterocycles. The molecule has 0 aliphatic carbocycles. The van der Waals surface area contributed by atoms with E-state index in [1.807, 2.05) is 13.1 Å². The van der Waals surface area contributed by atoms with E-state index in [0.29, 0.717) is 24.1 Å². The predicted octanol–water partition coefficient (Wildman–Crippen LogP) is 2.19. The van der Waals surface area contributed by atoms with E-state index >= 15 is 0 Å². The second-order valence-electron chi connectivity index (χ2n) is 5.08. The van der Waals surface area contributed by atoms with Crippen molar-refractivity contribution in [2.45, 2.75) is 12.8 Å². The second kappa shape index (κ2) is 4.06. The first-order chi connectivity index (χ1) is 9.66. The number of anilines is 1. The molecular formula is C14H14ClN3O2. The minimum Gasteiger partial charge on any atom is -0.492 e. The van der Waals surface area contributed by atoms with Gasteiger partial charge in [-0.25, -0.2) is 0 Å². The van der Waals surface area contributed by atoms with Crippen molar-refractivity contribution in [2.75, 3.05) is 18.9 Å². The van der Waals surface area contributed by atoms with Crippen LogP contribution >= 0.6 is 11.6 Å². The topological polar surface area (TPSA) is 62.3 Å². The van der Waals surface area contributed by atoms with E-state index < -0.39 is 0 Å². The van der Waals surface area contributed by atoms with Crippen LogP contribution in [-0.4, -0.2) is 23.0 Å². The van der Waals surface area contributed by atoms with E-state index in [9.17, 15) is 0 Å². The summed E-state index contributed by atoms with van der Waals surface area (Å²) in [6, 6.07) is 1.86. The van der Waals surface area contributed by atoms with Crippen LogP contribution < -0.4 is 15.2 Å². The lowest BCUT2D eigenvalue weighted by Gasteiger charge is -2.13. The van der Waals surface area contributed by atoms with Gasteiger partial charge in [0.05, 0.1) is 29.5 Å². The first-order valence-electron chi connectivity index (χ1n) is 6.59. The standard InChI is InChI=1S/C14H14ClN3O2/c1-18-10(16)6-9(17-18)11-7-2-4-20-14(7)12(15)8-3-5-19-13(8)11/h6H,2-5,16H2,1H3. The average Bonchev–Trinajstić information content (AvgIpc) is 3.11. The molecule has 2 N–H and O–H groups in total. The molecule has 1 aromatic carbocycles. The third-order valence-electron chi connectivity index (χ3n) is 3.91. The van der Waals surface area contributed by atoms with Gasteiger partial charge in [-0.2, -0.15) is 5.10 Å². The van der Waals surface area contributed by atoms with Gasteiger partial charge in [0, 0.05) is 37.1 Å². The van der Waals surface area contributed by atoms with E-state index in [-0.39, 0.29) is 0 Å². The molecule has 5 nitrogen and oxygen atoms in total. The number of hydrogen-bond acceptors (Lipinski definition) is 4. The molecule has 104 valence electrons. The molecule has 3 heterocycles. The summed E-state index contributed by atoms with van der Waals surface area (Å²) >= 11 is 6.44. The van der Waals surface area contributed by atoms with Crippen molar-refractivity contribution in [3.05, 3.63) is 22.2 Å². The van der Waals surface area contributed by atoms with Gasteiger partial charge in [0.2, 0.25) is 0 Å². The molecule has 0 spiro atoms. The van der Waals surface area contributed by atoms with E-state index in [4.69, 9.17) is 26.8 Å². The molecule has 4 rings (SSSR count). The number of rotatable bonds is 1. The lowest BCUT2D eigenvalue weighted by molar-refractivity contribution is 0.356. The highest BCUT2D eigenvalue weighted by Gasteiger charge is 2.32. The highest BCUT2D eigenvalue weighted by Crippen LogP contribution is 2.50. The Labute approximate surface area is 121 Å². The molecule has 0 bridgehead atoms. The molecular weight excluding hydrogens is 278 g/mol. The van der Waals surface area contributed by atoms with Crippen molar-refractivity contribution in [2.24, 2.45) is 7.05 Å². The minimum absolute atomic E-state index is 0.620. The number of halogens is 1. The zero-order valence-corrected chi connectivity index (χ0v) is 11.8. The van der Waals surface area contributed by atoms with E-state index in [1.54, 1.807) is 4.68 Å². The molecule has 6 heteroatoms. The third-order valence-corrected chi connectivity index (χ3v) is 4.31. The van der Waals surface area contributed by atoms with Crippen molar-refractivity contribution < 1.29 is 9.47 Å². The Bertz CT molecular complexity index is 669. The number of nitrogen functional groups attached to an aromatic ring is 1. The van der Waals surface area contributed by atoms with Gasteiger partial charge in [0.15, 0.2) is 0 Å². The van der Waals surface area contributed by atoms with E-state index in [0.717, 1.165) is 46.7 Å². The fraction of sp³-hybridized carbons (Fsp3) is 0.357. The normalized spacial score (nSPS) is 15.7. The van der Waals surface area contributed by atoms with E-state index in [2.05, 4.69) is 5.10 Å². The van der Waals surface area contributed by atoms with Gasteiger partial charge < -0.3 is 15.2 Å². The van der Waals surface area contributed by atoms with Crippen LogP contribution in [0.2, 0.25) is 5.02 Å². The largest absolute Gasteiger partial charge is 0.492 e. The Morgan fingerprint density at radius 1 is 1.20 bits per heavy atom. The Hall–Kier alpha value is -1.88. The molecule has 0 saturated carbocycles. The zero-order valence-electron chi connectivity index (χ0n) is 11.1. The van der Waals surface area contributed by atoms with Crippen molar-refractivity contribution in [1.82, 2.24) is 9.78 Å². The molecule has 2 aromatic rings. The summed E-state index contributed by atoms with van der Waals surface area (Å²) in [4.78, 5) is 0. The quantitative estimate of drug-likeness (QED) is 0.875. The van der Waals surface area contributed by atoms with Crippen molar-refractivity contribution in [3.63, 3.8) is 0 Å². The molecule has 0 radical (unpaired) electrons. The van der Waals surface area contributed by atoms with Crippen LogP contribution in [0, 0.1) is 0 Å². The van der Waals surface area contributed by atoms with Gasteiger partial charge in [0.1, 0.15) is 17.3 Å². The monoisotopic (exact) mass is 291 g/mol. The first kappa shape index (κ1) is 11.9. The summed E-state index contributed by atoms with van der Waals surface area (Å²) < 4.78 is 13.2. The average molecular weight is 292 g/mol. The number of benzene rings is 1. The van der Waals surface area contributed by atoms with Crippen LogP contribution in [0.15, 0.2) is 6.07 Å². The fourth-order valence-electron chi connectivity index (χ4n) is 2.93. The highest BCUT2D eigenvalue weighted by molar-refractivity contribution is 6.33. The molecule has 20 heavy (non-hydrogen) atoms. The van der Waals surface area contributed by atoms with Gasteiger partial charge in [-0.3, -0.25) is 4.68 Å². The van der Waals surface area contributed by atoms with Crippen LogP contribution in [0.5, 0.6) is 11.5 Å². The number of fused-ring (bicyclic) bond motifs is 2. The molecule has 0 atom stereocenters. The summed E-state index contributed by atoms with van der Waals surface area (Å²) in [7, 11) is 1.83. The maximum absolute atomic E-state index is 6.44. The van der Waals surface area contributed by atoms with Crippen LogP contribution in [0.3, 0.4) is 0 Å². The number of ether oxygens (including phenoxy) is 2. The molecule has 1 aromatic heterocycles. The molecule has 0 fully saturated rings. The minimum atomic E-state index is 0.620. The zero-order chi connectivity index (χ0) is 13.9. The molecule has 2 aliphatic heterocycles. The maximum Gasteiger partial charge on any atom is 0.142 e. The molecule has 0 amide bonds. The predicted molar refractivity (Wildman–Crippen MR) is 76.5 cm³/mol. The van der Waals surface area contributed by atoms with Crippen LogP contribution in [0.4, 0.5) is 5.82 Å². The second-order valence-corrected chi connectivity index (χ2v) is 5.46. The van der Waals surface area contributed by atoms with Gasteiger partial charge in [-0.1, -0.05) is 11.6 Å². The number of nitrogens with two attached hydrogens (primary N) is 1. The number of nitrogens with zero attached hydrogens (tertiary/aromatic N) is 2. The fourth-order valence-corrected chi connectivity index (χ4v) is 3.28. The molecule has 2 aliphatic rings. The first-order valence-corrected chi connectivity index (χ1v) is 6.97. The van der Waals surface area contributed by atoms with Gasteiger partial charge >= 0.3 is 0 Å². The lowest BCUT2D eigenvalue weighted by atomic mass is 9.97. The van der Waals surface area contributed by atoms with E-state index in [1.165, 1.54) is 0 Å². The highest BCUT2D eigenvalue weighted by atomic mass is 35.5. The van der Waals surface area contributed by atoms with Crippen molar-refractivity contribution in [1.29, 1.82) is 0 Å². The summed E-state index contributed by atoms with van der Waals surface area (Å²) in [5, 5.41) is 5.17. The third kappa shape index (κ3) is 1.47. The Balaban J connectivity index is 2.04. The van der Waals surface area contributed by atoms with Gasteiger partial charge in [-0.15, -0.1) is 0 Å². The summed E-state index contributed by atoms with van der Waals surface area (Å²) in [6.45, 7) is 1.29. The van der Waals surface area contributed by atoms with Gasteiger partial charge in [-0.05, 0) is 0 Å². The summed E-state index contributed by atoms with van der Waals surface area (Å²) in [6.07, 6.45) is 1.62. The lowest BCUT2D eigenvalue weighted by Crippen LogP contribution is -1.97. The van der Waals surface area contributed by atoms with Crippen molar-refractivity contribution in [3.8, 4) is 22.8 Å². The van der Waals surface area contributed by atoms with Crippen molar-refractivity contribution >= 4 is 17.4 Å². The Kier molecular flexibility index (Phi) is 2.41. The Morgan fingerprint density at radius 3 is 2.60 bits per heavy atom. The smallest absolute Gasteiger partial charge is 0.142 e. The Morgan fingerprint density at radius 2 is 1.90 bits per heavy atom. The molecule has 0 unspecified atom stereocenters. The van der Waals surface area contributed by atoms with Gasteiger partial charge in [0.25, 0.3) is 0 Å². The summed E-state index contributed by atoms with van der Waals surface area (Å²) in [5.74, 6) is 2.25. The van der Waals surface area contributed by atoms with Crippen LogP contribution in [-0.2, 0) is 19.9 Å². The maximum atomic E-state index is 6.44. The number of aromatic nitrogens is 2. The number of aryl methyl sites for hydroxylation is 1. The van der Waals surface area contributed by atoms with Crippen LogP contribution in [0.25, 0.3) is 11.3 Å². The van der Waals surface area contributed by atoms with Crippen LogP contribution in [0.1, 0.15) is 11.1 Å². The summed E-state index contributed by atoms with van der Waals surface area (Å²) in [5.41, 5.74) is 9.81.